The lowest BCUT2D eigenvalue weighted by atomic mass is 10.2. The minimum Gasteiger partial charge on any atom is -0.504 e. The summed E-state index contributed by atoms with van der Waals surface area (Å²) in [6, 6.07) is 14.0. The number of phenolic OH excluding ortho intramolecular Hbond substituents is 1. The smallest absolute Gasteiger partial charge is 0.252 e. The fourth-order valence-corrected chi connectivity index (χ4v) is 1.76. The first-order valence-corrected chi connectivity index (χ1v) is 6.41. The lowest BCUT2D eigenvalue weighted by Crippen LogP contribution is -2.23. The topological polar surface area (TPSA) is 70.9 Å². The summed E-state index contributed by atoms with van der Waals surface area (Å²) in [5.41, 5.74) is 1.11. The molecule has 0 aromatic heterocycles. The lowest BCUT2D eigenvalue weighted by molar-refractivity contribution is 0.0955. The minimum absolute atomic E-state index is 0.0261. The average Bonchev–Trinajstić information content (AvgIpc) is 2.53. The molecule has 5 heteroatoms. The van der Waals surface area contributed by atoms with E-state index in [0.29, 0.717) is 16.9 Å². The van der Waals surface area contributed by atoms with Crippen LogP contribution in [0.3, 0.4) is 0 Å². The Hall–Kier alpha value is -2.82. The quantitative estimate of drug-likeness (QED) is 0.827. The first-order valence-electron chi connectivity index (χ1n) is 6.41. The second-order valence-corrected chi connectivity index (χ2v) is 4.24. The third-order valence-corrected chi connectivity index (χ3v) is 2.85. The van der Waals surface area contributed by atoms with Gasteiger partial charge in [0, 0.05) is 17.3 Å². The van der Waals surface area contributed by atoms with E-state index in [9.17, 15) is 9.90 Å². The standard InChI is InChI=1S/C16H16N2O3/c1-21-14-9-5-8-13(15(14)19)10-17-11-18-16(20)12-6-3-2-4-7-12/h2-10,19H,11H2,1H3,(H,18,20). The van der Waals surface area contributed by atoms with E-state index in [0.717, 1.165) is 0 Å². The Kier molecular flexibility index (Phi) is 4.93. The van der Waals surface area contributed by atoms with Crippen molar-refractivity contribution in [3.63, 3.8) is 0 Å². The maximum atomic E-state index is 11.8. The van der Waals surface area contributed by atoms with E-state index in [2.05, 4.69) is 10.3 Å². The Morgan fingerprint density at radius 1 is 1.24 bits per heavy atom. The zero-order chi connectivity index (χ0) is 15.1. The van der Waals surface area contributed by atoms with Crippen molar-refractivity contribution in [2.45, 2.75) is 0 Å². The molecule has 0 atom stereocenters. The van der Waals surface area contributed by atoms with E-state index in [-0.39, 0.29) is 18.3 Å². The molecular formula is C16H16N2O3. The molecule has 0 aliphatic rings. The molecule has 2 aromatic rings. The van der Waals surface area contributed by atoms with Crippen LogP contribution in [0.1, 0.15) is 15.9 Å². The van der Waals surface area contributed by atoms with Crippen molar-refractivity contribution in [1.29, 1.82) is 0 Å². The number of methoxy groups -OCH3 is 1. The highest BCUT2D eigenvalue weighted by atomic mass is 16.5. The summed E-state index contributed by atoms with van der Waals surface area (Å²) in [6.45, 7) is 0.129. The number of nitrogens with zero attached hydrogens (tertiary/aromatic N) is 1. The SMILES string of the molecule is COc1cccc(C=NCNC(=O)c2ccccc2)c1O. The molecule has 5 nitrogen and oxygen atoms in total. The number of carbonyl (C=O) groups is 1. The van der Waals surface area contributed by atoms with Gasteiger partial charge in [-0.15, -0.1) is 0 Å². The average molecular weight is 284 g/mol. The maximum Gasteiger partial charge on any atom is 0.252 e. The Balaban J connectivity index is 1.93. The van der Waals surface area contributed by atoms with Gasteiger partial charge in [0.1, 0.15) is 6.67 Å². The zero-order valence-corrected chi connectivity index (χ0v) is 11.6. The zero-order valence-electron chi connectivity index (χ0n) is 11.6. The number of hydrogen-bond donors (Lipinski definition) is 2. The van der Waals surface area contributed by atoms with Crippen LogP contribution >= 0.6 is 0 Å². The first-order chi connectivity index (χ1) is 10.2. The summed E-state index contributed by atoms with van der Waals surface area (Å²) >= 11 is 0. The van der Waals surface area contributed by atoms with E-state index in [1.54, 1.807) is 42.5 Å². The molecular weight excluding hydrogens is 268 g/mol. The maximum absolute atomic E-state index is 11.8. The summed E-state index contributed by atoms with van der Waals surface area (Å²) < 4.78 is 5.01. The number of aliphatic imine (C=N–C) groups is 1. The molecule has 2 rings (SSSR count). The van der Waals surface area contributed by atoms with Crippen LogP contribution in [0.25, 0.3) is 0 Å². The van der Waals surface area contributed by atoms with Gasteiger partial charge in [-0.25, -0.2) is 0 Å². The summed E-state index contributed by atoms with van der Waals surface area (Å²) in [5.74, 6) is 0.216. The monoisotopic (exact) mass is 284 g/mol. The summed E-state index contributed by atoms with van der Waals surface area (Å²) in [7, 11) is 1.48. The highest BCUT2D eigenvalue weighted by Crippen LogP contribution is 2.27. The largest absolute Gasteiger partial charge is 0.504 e. The number of para-hydroxylation sites is 1. The molecule has 1 amide bonds. The Morgan fingerprint density at radius 3 is 2.71 bits per heavy atom. The number of nitrogens with one attached hydrogen (secondary N) is 1. The number of benzene rings is 2. The molecule has 0 aliphatic carbocycles. The van der Waals surface area contributed by atoms with Crippen molar-refractivity contribution in [3.05, 3.63) is 59.7 Å². The predicted octanol–water partition coefficient (Wildman–Crippen LogP) is 2.21. The second-order valence-electron chi connectivity index (χ2n) is 4.24. The van der Waals surface area contributed by atoms with Gasteiger partial charge in [0.25, 0.3) is 5.91 Å². The molecule has 0 unspecified atom stereocenters. The second kappa shape index (κ2) is 7.09. The van der Waals surface area contributed by atoms with Gasteiger partial charge in [-0.3, -0.25) is 9.79 Å². The van der Waals surface area contributed by atoms with Crippen molar-refractivity contribution < 1.29 is 14.6 Å². The molecule has 0 spiro atoms. The predicted molar refractivity (Wildman–Crippen MR) is 81.0 cm³/mol. The molecule has 21 heavy (non-hydrogen) atoms. The number of hydrogen-bond acceptors (Lipinski definition) is 4. The van der Waals surface area contributed by atoms with E-state index < -0.39 is 0 Å². The van der Waals surface area contributed by atoms with Gasteiger partial charge in [-0.1, -0.05) is 24.3 Å². The van der Waals surface area contributed by atoms with Crippen molar-refractivity contribution >= 4 is 12.1 Å². The van der Waals surface area contributed by atoms with Gasteiger partial charge in [-0.05, 0) is 24.3 Å². The molecule has 2 aromatic carbocycles. The third-order valence-electron chi connectivity index (χ3n) is 2.85. The molecule has 0 bridgehead atoms. The van der Waals surface area contributed by atoms with Gasteiger partial charge in [-0.2, -0.15) is 0 Å². The highest BCUT2D eigenvalue weighted by Gasteiger charge is 2.05. The van der Waals surface area contributed by atoms with Crippen LogP contribution in [0.5, 0.6) is 11.5 Å². The number of phenols is 1. The number of aromatic hydroxyl groups is 1. The van der Waals surface area contributed by atoms with Crippen LogP contribution in [0.15, 0.2) is 53.5 Å². The van der Waals surface area contributed by atoms with E-state index in [1.807, 2.05) is 6.07 Å². The van der Waals surface area contributed by atoms with E-state index >= 15 is 0 Å². The molecule has 0 radical (unpaired) electrons. The summed E-state index contributed by atoms with van der Waals surface area (Å²) in [5, 5.41) is 12.5. The molecule has 0 heterocycles. The van der Waals surface area contributed by atoms with Gasteiger partial charge in [0.05, 0.1) is 7.11 Å². The van der Waals surface area contributed by atoms with Crippen molar-refractivity contribution in [1.82, 2.24) is 5.32 Å². The Morgan fingerprint density at radius 2 is 2.00 bits per heavy atom. The number of carbonyl (C=O) groups excluding carboxylic acids is 1. The number of amides is 1. The van der Waals surface area contributed by atoms with Crippen molar-refractivity contribution in [3.8, 4) is 11.5 Å². The van der Waals surface area contributed by atoms with Crippen LogP contribution < -0.4 is 10.1 Å². The minimum atomic E-state index is -0.192. The summed E-state index contributed by atoms with van der Waals surface area (Å²) in [6.07, 6.45) is 1.49. The normalized spacial score (nSPS) is 10.5. The fraction of sp³-hybridized carbons (Fsp3) is 0.125. The highest BCUT2D eigenvalue weighted by molar-refractivity contribution is 5.94. The molecule has 0 saturated heterocycles. The molecule has 0 saturated carbocycles. The summed E-state index contributed by atoms with van der Waals surface area (Å²) in [4.78, 5) is 15.8. The van der Waals surface area contributed by atoms with E-state index in [4.69, 9.17) is 4.74 Å². The van der Waals surface area contributed by atoms with Gasteiger partial charge < -0.3 is 15.2 Å². The van der Waals surface area contributed by atoms with Gasteiger partial charge >= 0.3 is 0 Å². The lowest BCUT2D eigenvalue weighted by Gasteiger charge is -2.05. The Bertz CT molecular complexity index is 639. The molecule has 2 N–H and O–H groups in total. The third kappa shape index (κ3) is 3.82. The number of ether oxygens (including phenoxy) is 1. The van der Waals surface area contributed by atoms with Crippen LogP contribution in [-0.2, 0) is 0 Å². The molecule has 0 aliphatic heterocycles. The molecule has 108 valence electrons. The van der Waals surface area contributed by atoms with Crippen LogP contribution in [-0.4, -0.2) is 31.0 Å². The van der Waals surface area contributed by atoms with Gasteiger partial charge in [0.2, 0.25) is 0 Å². The Labute approximate surface area is 122 Å². The van der Waals surface area contributed by atoms with Crippen molar-refractivity contribution in [2.24, 2.45) is 4.99 Å². The van der Waals surface area contributed by atoms with Gasteiger partial charge in [0.15, 0.2) is 11.5 Å². The number of rotatable bonds is 5. The van der Waals surface area contributed by atoms with E-state index in [1.165, 1.54) is 13.3 Å². The van der Waals surface area contributed by atoms with Crippen LogP contribution in [0.2, 0.25) is 0 Å². The first kappa shape index (κ1) is 14.6. The molecule has 0 fully saturated rings. The van der Waals surface area contributed by atoms with Crippen LogP contribution in [0, 0.1) is 0 Å². The van der Waals surface area contributed by atoms with Crippen LogP contribution in [0.4, 0.5) is 0 Å². The van der Waals surface area contributed by atoms with Crippen molar-refractivity contribution in [2.75, 3.05) is 13.8 Å². The fourth-order valence-electron chi connectivity index (χ4n) is 1.76.